The van der Waals surface area contributed by atoms with E-state index in [1.165, 1.54) is 0 Å². The molecular weight excluding hydrogens is 296 g/mol. The normalized spacial score (nSPS) is 17.3. The molecule has 1 unspecified atom stereocenters. The first-order valence-corrected chi connectivity index (χ1v) is 7.75. The van der Waals surface area contributed by atoms with Crippen molar-refractivity contribution in [2.75, 3.05) is 20.2 Å². The van der Waals surface area contributed by atoms with Crippen molar-refractivity contribution in [3.63, 3.8) is 0 Å². The van der Waals surface area contributed by atoms with Gasteiger partial charge in [0, 0.05) is 18.7 Å². The zero-order valence-electron chi connectivity index (χ0n) is 13.3. The summed E-state index contributed by atoms with van der Waals surface area (Å²) in [6, 6.07) is 7.22. The van der Waals surface area contributed by atoms with Crippen LogP contribution < -0.4 is 10.1 Å². The smallest absolute Gasteiger partial charge is 0.318 e. The zero-order chi connectivity index (χ0) is 16.2. The number of nitrogens with one attached hydrogen (secondary N) is 1. The largest absolute Gasteiger partial charge is 0.497 e. The fourth-order valence-corrected chi connectivity index (χ4v) is 2.75. The van der Waals surface area contributed by atoms with E-state index in [1.807, 2.05) is 31.2 Å². The summed E-state index contributed by atoms with van der Waals surface area (Å²) in [7, 11) is 1.62. The van der Waals surface area contributed by atoms with Gasteiger partial charge in [0.1, 0.15) is 11.8 Å². The molecule has 1 fully saturated rings. The van der Waals surface area contributed by atoms with Crippen LogP contribution in [-0.4, -0.2) is 41.3 Å². The third kappa shape index (κ3) is 3.13. The number of carbonyl (C=O) groups excluding carboxylic acids is 1. The predicted molar refractivity (Wildman–Crippen MR) is 84.0 cm³/mol. The molecule has 0 spiro atoms. The first kappa shape index (κ1) is 15.3. The summed E-state index contributed by atoms with van der Waals surface area (Å²) in [5.41, 5.74) is 0.850. The molecule has 3 rings (SSSR count). The van der Waals surface area contributed by atoms with Crippen LogP contribution in [0.25, 0.3) is 11.4 Å². The van der Waals surface area contributed by atoms with Crippen molar-refractivity contribution in [2.24, 2.45) is 0 Å². The minimum absolute atomic E-state index is 0.0841. The van der Waals surface area contributed by atoms with Crippen molar-refractivity contribution in [3.05, 3.63) is 30.2 Å². The van der Waals surface area contributed by atoms with Crippen molar-refractivity contribution in [2.45, 2.75) is 25.8 Å². The summed E-state index contributed by atoms with van der Waals surface area (Å²) in [6.07, 6.45) is 1.77. The number of benzene rings is 1. The van der Waals surface area contributed by atoms with E-state index in [9.17, 15) is 4.79 Å². The molecule has 0 aliphatic carbocycles. The van der Waals surface area contributed by atoms with Gasteiger partial charge in [0.2, 0.25) is 11.7 Å². The lowest BCUT2D eigenvalue weighted by Gasteiger charge is -2.21. The fourth-order valence-electron chi connectivity index (χ4n) is 2.75. The number of urea groups is 1. The molecule has 1 atom stereocenters. The molecule has 122 valence electrons. The summed E-state index contributed by atoms with van der Waals surface area (Å²) in [4.78, 5) is 18.3. The fraction of sp³-hybridized carbons (Fsp3) is 0.438. The summed E-state index contributed by atoms with van der Waals surface area (Å²) < 4.78 is 10.5. The van der Waals surface area contributed by atoms with Crippen molar-refractivity contribution in [1.29, 1.82) is 0 Å². The third-order valence-corrected chi connectivity index (χ3v) is 3.92. The van der Waals surface area contributed by atoms with Crippen molar-refractivity contribution >= 4 is 6.03 Å². The second-order valence-electron chi connectivity index (χ2n) is 5.37. The second kappa shape index (κ2) is 6.68. The topological polar surface area (TPSA) is 80.5 Å². The number of aromatic nitrogens is 2. The Morgan fingerprint density at radius 3 is 2.91 bits per heavy atom. The molecule has 1 aromatic carbocycles. The summed E-state index contributed by atoms with van der Waals surface area (Å²) >= 11 is 0. The van der Waals surface area contributed by atoms with Crippen LogP contribution in [0.4, 0.5) is 4.79 Å². The number of carbonyl (C=O) groups is 1. The van der Waals surface area contributed by atoms with E-state index in [0.717, 1.165) is 24.2 Å². The average Bonchev–Trinajstić information content (AvgIpc) is 3.24. The van der Waals surface area contributed by atoms with Gasteiger partial charge < -0.3 is 19.5 Å². The Labute approximate surface area is 134 Å². The van der Waals surface area contributed by atoms with Crippen LogP contribution in [0.3, 0.4) is 0 Å². The standard InChI is InChI=1S/C16H20N4O3/c1-3-17-16(21)20-10-4-5-13(20)15-18-14(19-23-15)11-6-8-12(22-2)9-7-11/h6-9,13H,3-5,10H2,1-2H3,(H,17,21). The van der Waals surface area contributed by atoms with Crippen molar-refractivity contribution in [3.8, 4) is 17.1 Å². The van der Waals surface area contributed by atoms with Gasteiger partial charge in [-0.3, -0.25) is 0 Å². The minimum Gasteiger partial charge on any atom is -0.497 e. The van der Waals surface area contributed by atoms with Crippen LogP contribution in [0.5, 0.6) is 5.75 Å². The highest BCUT2D eigenvalue weighted by Gasteiger charge is 2.33. The summed E-state index contributed by atoms with van der Waals surface area (Å²) in [6.45, 7) is 3.21. The molecule has 0 saturated carbocycles. The van der Waals surface area contributed by atoms with E-state index in [-0.39, 0.29) is 12.1 Å². The first-order valence-electron chi connectivity index (χ1n) is 7.75. The molecule has 1 N–H and O–H groups in total. The zero-order valence-corrected chi connectivity index (χ0v) is 13.3. The molecule has 2 heterocycles. The molecule has 2 aromatic rings. The third-order valence-electron chi connectivity index (χ3n) is 3.92. The minimum atomic E-state index is -0.152. The van der Waals surface area contributed by atoms with Gasteiger partial charge in [-0.25, -0.2) is 4.79 Å². The van der Waals surface area contributed by atoms with Gasteiger partial charge in [0.15, 0.2) is 0 Å². The van der Waals surface area contributed by atoms with Crippen LogP contribution in [0.1, 0.15) is 31.7 Å². The monoisotopic (exact) mass is 316 g/mol. The second-order valence-corrected chi connectivity index (χ2v) is 5.37. The Kier molecular flexibility index (Phi) is 4.45. The van der Waals surface area contributed by atoms with Gasteiger partial charge in [-0.05, 0) is 44.0 Å². The van der Waals surface area contributed by atoms with Crippen LogP contribution in [0.15, 0.2) is 28.8 Å². The summed E-state index contributed by atoms with van der Waals surface area (Å²) in [5, 5.41) is 6.86. The molecule has 1 aliphatic rings. The molecule has 1 saturated heterocycles. The Hall–Kier alpha value is -2.57. The average molecular weight is 316 g/mol. The van der Waals surface area contributed by atoms with Crippen LogP contribution in [0.2, 0.25) is 0 Å². The number of amides is 2. The molecule has 0 radical (unpaired) electrons. The maximum Gasteiger partial charge on any atom is 0.318 e. The van der Waals surface area contributed by atoms with Gasteiger partial charge >= 0.3 is 6.03 Å². The number of likely N-dealkylation sites (tertiary alicyclic amines) is 1. The molecule has 1 aromatic heterocycles. The Balaban J connectivity index is 1.79. The van der Waals surface area contributed by atoms with Crippen LogP contribution in [0, 0.1) is 0 Å². The molecule has 7 nitrogen and oxygen atoms in total. The lowest BCUT2D eigenvalue weighted by atomic mass is 10.2. The highest BCUT2D eigenvalue weighted by molar-refractivity contribution is 5.74. The van der Waals surface area contributed by atoms with Crippen LogP contribution >= 0.6 is 0 Å². The molecule has 23 heavy (non-hydrogen) atoms. The molecule has 1 aliphatic heterocycles. The molecule has 0 bridgehead atoms. The van der Waals surface area contributed by atoms with Gasteiger partial charge in [-0.15, -0.1) is 0 Å². The molecule has 2 amide bonds. The lowest BCUT2D eigenvalue weighted by Crippen LogP contribution is -2.39. The van der Waals surface area contributed by atoms with Crippen LogP contribution in [-0.2, 0) is 0 Å². The Bertz CT molecular complexity index is 668. The number of hydrogen-bond donors (Lipinski definition) is 1. The number of methoxy groups -OCH3 is 1. The first-order chi connectivity index (χ1) is 11.2. The van der Waals surface area contributed by atoms with Gasteiger partial charge in [-0.1, -0.05) is 5.16 Å². The number of ether oxygens (including phenoxy) is 1. The van der Waals surface area contributed by atoms with E-state index in [4.69, 9.17) is 9.26 Å². The lowest BCUT2D eigenvalue weighted by molar-refractivity contribution is 0.181. The highest BCUT2D eigenvalue weighted by Crippen LogP contribution is 2.32. The number of nitrogens with zero attached hydrogens (tertiary/aromatic N) is 3. The van der Waals surface area contributed by atoms with E-state index >= 15 is 0 Å². The maximum atomic E-state index is 12.1. The predicted octanol–water partition coefficient (Wildman–Crippen LogP) is 2.61. The molecule has 7 heteroatoms. The van der Waals surface area contributed by atoms with Gasteiger partial charge in [-0.2, -0.15) is 4.98 Å². The maximum absolute atomic E-state index is 12.1. The Morgan fingerprint density at radius 2 is 2.22 bits per heavy atom. The number of hydrogen-bond acceptors (Lipinski definition) is 5. The number of rotatable bonds is 4. The van der Waals surface area contributed by atoms with Gasteiger partial charge in [0.05, 0.1) is 7.11 Å². The highest BCUT2D eigenvalue weighted by atomic mass is 16.5. The van der Waals surface area contributed by atoms with E-state index in [1.54, 1.807) is 12.0 Å². The quantitative estimate of drug-likeness (QED) is 0.938. The molecular formula is C16H20N4O3. The van der Waals surface area contributed by atoms with E-state index < -0.39 is 0 Å². The van der Waals surface area contributed by atoms with E-state index in [0.29, 0.717) is 24.8 Å². The van der Waals surface area contributed by atoms with E-state index in [2.05, 4.69) is 15.5 Å². The summed E-state index contributed by atoms with van der Waals surface area (Å²) in [5.74, 6) is 1.78. The van der Waals surface area contributed by atoms with Gasteiger partial charge in [0.25, 0.3) is 0 Å². The van der Waals surface area contributed by atoms with Crippen molar-refractivity contribution < 1.29 is 14.1 Å². The Morgan fingerprint density at radius 1 is 1.43 bits per heavy atom. The SMILES string of the molecule is CCNC(=O)N1CCCC1c1nc(-c2ccc(OC)cc2)no1. The van der Waals surface area contributed by atoms with Crippen molar-refractivity contribution in [1.82, 2.24) is 20.4 Å².